The van der Waals surface area contributed by atoms with E-state index >= 15 is 0 Å². The summed E-state index contributed by atoms with van der Waals surface area (Å²) in [5.74, 6) is 0.941. The fourth-order valence-corrected chi connectivity index (χ4v) is 3.37. The number of thiophene rings is 1. The zero-order valence-electron chi connectivity index (χ0n) is 10.7. The van der Waals surface area contributed by atoms with E-state index in [1.54, 1.807) is 11.3 Å². The van der Waals surface area contributed by atoms with Gasteiger partial charge in [-0.2, -0.15) is 5.10 Å². The molecular weight excluding hydrogens is 278 g/mol. The highest BCUT2D eigenvalue weighted by Crippen LogP contribution is 2.24. The van der Waals surface area contributed by atoms with Crippen molar-refractivity contribution >= 4 is 23.6 Å². The third-order valence-corrected chi connectivity index (χ3v) is 4.63. The monoisotopic (exact) mass is 295 g/mol. The van der Waals surface area contributed by atoms with Crippen LogP contribution in [0, 0.1) is 4.77 Å². The molecule has 1 aliphatic heterocycles. The fraction of sp³-hybridized carbons (Fsp3) is 0.538. The molecule has 0 amide bonds. The number of nitrogens with zero attached hydrogens (tertiary/aromatic N) is 2. The minimum absolute atomic E-state index is 0.377. The molecule has 6 heteroatoms. The lowest BCUT2D eigenvalue weighted by atomic mass is 10.1. The van der Waals surface area contributed by atoms with Gasteiger partial charge in [-0.25, -0.2) is 0 Å². The Bertz CT molecular complexity index is 567. The SMILES string of the molecule is S=c1[nH]nc(-c2cccs2)n1CCC1CCCCO1. The van der Waals surface area contributed by atoms with E-state index in [1.165, 1.54) is 19.3 Å². The Morgan fingerprint density at radius 2 is 2.47 bits per heavy atom. The van der Waals surface area contributed by atoms with Crippen LogP contribution in [0.1, 0.15) is 25.7 Å². The number of nitrogens with one attached hydrogen (secondary N) is 1. The fourth-order valence-electron chi connectivity index (χ4n) is 2.43. The Hall–Kier alpha value is -0.980. The smallest absolute Gasteiger partial charge is 0.195 e. The van der Waals surface area contributed by atoms with Crippen LogP contribution in [0.15, 0.2) is 17.5 Å². The third kappa shape index (κ3) is 2.96. The number of hydrogen-bond acceptors (Lipinski definition) is 4. The standard InChI is InChI=1S/C13H17N3OS2/c18-13-15-14-12(11-5-3-9-19-11)16(13)7-6-10-4-1-2-8-17-10/h3,5,9-10H,1-2,4,6-8H2,(H,15,18). The van der Waals surface area contributed by atoms with E-state index in [0.29, 0.717) is 10.9 Å². The lowest BCUT2D eigenvalue weighted by molar-refractivity contribution is 0.00881. The first kappa shape index (κ1) is 13.0. The van der Waals surface area contributed by atoms with Crippen LogP contribution in [0.25, 0.3) is 10.7 Å². The second-order valence-electron chi connectivity index (χ2n) is 4.76. The van der Waals surface area contributed by atoms with Crippen LogP contribution in [0.2, 0.25) is 0 Å². The first-order valence-electron chi connectivity index (χ1n) is 6.65. The average molecular weight is 295 g/mol. The van der Waals surface area contributed by atoms with Gasteiger partial charge >= 0.3 is 0 Å². The molecule has 102 valence electrons. The molecule has 1 saturated heterocycles. The molecule has 1 aliphatic rings. The normalized spacial score (nSPS) is 19.7. The molecule has 2 aromatic heterocycles. The molecule has 0 bridgehead atoms. The minimum Gasteiger partial charge on any atom is -0.378 e. The summed E-state index contributed by atoms with van der Waals surface area (Å²) in [4.78, 5) is 1.15. The van der Waals surface area contributed by atoms with E-state index in [-0.39, 0.29) is 0 Å². The summed E-state index contributed by atoms with van der Waals surface area (Å²) >= 11 is 7.01. The van der Waals surface area contributed by atoms with Crippen LogP contribution in [-0.4, -0.2) is 27.5 Å². The average Bonchev–Trinajstić information content (AvgIpc) is 3.07. The Morgan fingerprint density at radius 3 is 3.21 bits per heavy atom. The Kier molecular flexibility index (Phi) is 4.10. The van der Waals surface area contributed by atoms with E-state index < -0.39 is 0 Å². The Balaban J connectivity index is 1.73. The molecule has 0 saturated carbocycles. The summed E-state index contributed by atoms with van der Waals surface area (Å²) < 4.78 is 8.55. The van der Waals surface area contributed by atoms with E-state index in [2.05, 4.69) is 26.2 Å². The molecule has 0 spiro atoms. The summed E-state index contributed by atoms with van der Waals surface area (Å²) in [5.41, 5.74) is 0. The first-order chi connectivity index (χ1) is 9.34. The number of aromatic nitrogens is 3. The van der Waals surface area contributed by atoms with Gasteiger partial charge in [0.15, 0.2) is 10.6 Å². The van der Waals surface area contributed by atoms with Crippen molar-refractivity contribution in [1.82, 2.24) is 14.8 Å². The van der Waals surface area contributed by atoms with Gasteiger partial charge in [0.1, 0.15) is 0 Å². The molecule has 1 unspecified atom stereocenters. The van der Waals surface area contributed by atoms with Gasteiger partial charge in [0.2, 0.25) is 0 Å². The first-order valence-corrected chi connectivity index (χ1v) is 7.94. The number of aromatic amines is 1. The van der Waals surface area contributed by atoms with E-state index in [4.69, 9.17) is 17.0 Å². The van der Waals surface area contributed by atoms with Gasteiger partial charge in [0.05, 0.1) is 11.0 Å². The van der Waals surface area contributed by atoms with Crippen molar-refractivity contribution in [3.05, 3.63) is 22.3 Å². The lowest BCUT2D eigenvalue weighted by Crippen LogP contribution is -2.21. The second kappa shape index (κ2) is 5.98. The summed E-state index contributed by atoms with van der Waals surface area (Å²) in [7, 11) is 0. The largest absolute Gasteiger partial charge is 0.378 e. The van der Waals surface area contributed by atoms with Gasteiger partial charge in [0.25, 0.3) is 0 Å². The molecule has 3 heterocycles. The maximum Gasteiger partial charge on any atom is 0.195 e. The predicted octanol–water partition coefficient (Wildman–Crippen LogP) is 3.63. The number of H-pyrrole nitrogens is 1. The predicted molar refractivity (Wildman–Crippen MR) is 78.9 cm³/mol. The maximum absolute atomic E-state index is 5.77. The van der Waals surface area contributed by atoms with Gasteiger partial charge in [-0.05, 0) is 49.3 Å². The molecule has 4 nitrogen and oxygen atoms in total. The topological polar surface area (TPSA) is 42.8 Å². The highest BCUT2D eigenvalue weighted by atomic mass is 32.1. The van der Waals surface area contributed by atoms with Crippen LogP contribution < -0.4 is 0 Å². The van der Waals surface area contributed by atoms with Crippen LogP contribution in [0.5, 0.6) is 0 Å². The van der Waals surface area contributed by atoms with Crippen LogP contribution in [0.4, 0.5) is 0 Å². The van der Waals surface area contributed by atoms with Crippen molar-refractivity contribution < 1.29 is 4.74 Å². The van der Waals surface area contributed by atoms with Crippen molar-refractivity contribution in [3.8, 4) is 10.7 Å². The van der Waals surface area contributed by atoms with Crippen molar-refractivity contribution in [1.29, 1.82) is 0 Å². The highest BCUT2D eigenvalue weighted by Gasteiger charge is 2.16. The van der Waals surface area contributed by atoms with Crippen LogP contribution >= 0.6 is 23.6 Å². The lowest BCUT2D eigenvalue weighted by Gasteiger charge is -2.22. The molecule has 0 radical (unpaired) electrons. The molecule has 3 rings (SSSR count). The summed E-state index contributed by atoms with van der Waals surface area (Å²) in [6.45, 7) is 1.77. The molecule has 0 aromatic carbocycles. The second-order valence-corrected chi connectivity index (χ2v) is 6.09. The Morgan fingerprint density at radius 1 is 1.53 bits per heavy atom. The van der Waals surface area contributed by atoms with Gasteiger partial charge in [-0.15, -0.1) is 11.3 Å². The van der Waals surface area contributed by atoms with Crippen molar-refractivity contribution in [2.45, 2.75) is 38.3 Å². The molecule has 1 fully saturated rings. The zero-order chi connectivity index (χ0) is 13.1. The quantitative estimate of drug-likeness (QED) is 0.876. The van der Waals surface area contributed by atoms with E-state index in [9.17, 15) is 0 Å². The summed E-state index contributed by atoms with van der Waals surface area (Å²) in [6.07, 6.45) is 5.02. The van der Waals surface area contributed by atoms with Gasteiger partial charge in [-0.1, -0.05) is 6.07 Å². The number of rotatable bonds is 4. The molecule has 19 heavy (non-hydrogen) atoms. The van der Waals surface area contributed by atoms with E-state index in [1.807, 2.05) is 6.07 Å². The molecule has 1 atom stereocenters. The number of hydrogen-bond donors (Lipinski definition) is 1. The van der Waals surface area contributed by atoms with Gasteiger partial charge < -0.3 is 4.74 Å². The highest BCUT2D eigenvalue weighted by molar-refractivity contribution is 7.71. The zero-order valence-corrected chi connectivity index (χ0v) is 12.3. The number of ether oxygens (including phenoxy) is 1. The van der Waals surface area contributed by atoms with Crippen molar-refractivity contribution in [3.63, 3.8) is 0 Å². The maximum atomic E-state index is 5.77. The van der Waals surface area contributed by atoms with Gasteiger partial charge in [-0.3, -0.25) is 9.67 Å². The van der Waals surface area contributed by atoms with Gasteiger partial charge in [0, 0.05) is 13.2 Å². The van der Waals surface area contributed by atoms with Crippen molar-refractivity contribution in [2.75, 3.05) is 6.61 Å². The minimum atomic E-state index is 0.377. The summed E-state index contributed by atoms with van der Waals surface area (Å²) in [5, 5.41) is 9.29. The molecule has 1 N–H and O–H groups in total. The Labute approximate surface area is 121 Å². The van der Waals surface area contributed by atoms with Crippen molar-refractivity contribution in [2.24, 2.45) is 0 Å². The molecule has 0 aliphatic carbocycles. The molecule has 2 aromatic rings. The van der Waals surface area contributed by atoms with Crippen LogP contribution in [0.3, 0.4) is 0 Å². The third-order valence-electron chi connectivity index (χ3n) is 3.45. The summed E-state index contributed by atoms with van der Waals surface area (Å²) in [6, 6.07) is 4.11. The van der Waals surface area contributed by atoms with Crippen LogP contribution in [-0.2, 0) is 11.3 Å². The molecular formula is C13H17N3OS2. The van der Waals surface area contributed by atoms with E-state index in [0.717, 1.165) is 30.3 Å².